The van der Waals surface area contributed by atoms with Gasteiger partial charge >= 0.3 is 0 Å². The molecule has 4 unspecified atom stereocenters. The standard InChI is InChI=1S/C28H37N3O3S/c1-19-10-13-24(14-11-19)35(33,34)31-23-16-22(17-29-18-23)28(32)30-27-21-8-5-9-26(27)25(15-12-21)20-6-3-2-4-7-20/h2-4,6-7,10-11,13-14,21-23,25-27,29,31H,5,8-9,12,15-18H2,1H3,(H,30,32)/t21?,22-,23-,25?,26?,27?/m0/s1. The second-order valence-corrected chi connectivity index (χ2v) is 12.4. The Morgan fingerprint density at radius 1 is 0.943 bits per heavy atom. The predicted octanol–water partition coefficient (Wildman–Crippen LogP) is 3.73. The fourth-order valence-electron chi connectivity index (χ4n) is 6.56. The highest BCUT2D eigenvalue weighted by atomic mass is 32.2. The van der Waals surface area contributed by atoms with Crippen molar-refractivity contribution in [3.05, 3.63) is 65.7 Å². The Hall–Kier alpha value is -2.22. The molecule has 2 aliphatic carbocycles. The molecule has 5 rings (SSSR count). The zero-order valence-corrected chi connectivity index (χ0v) is 21.3. The molecular formula is C28H37N3O3S. The van der Waals surface area contributed by atoms with Crippen molar-refractivity contribution in [2.24, 2.45) is 17.8 Å². The average Bonchev–Trinajstić information content (AvgIpc) is 2.85. The van der Waals surface area contributed by atoms with Gasteiger partial charge in [-0.1, -0.05) is 54.4 Å². The van der Waals surface area contributed by atoms with Gasteiger partial charge in [0.15, 0.2) is 0 Å². The number of benzene rings is 2. The zero-order valence-electron chi connectivity index (χ0n) is 20.5. The van der Waals surface area contributed by atoms with E-state index in [-0.39, 0.29) is 28.8 Å². The van der Waals surface area contributed by atoms with Gasteiger partial charge in [-0.25, -0.2) is 13.1 Å². The minimum Gasteiger partial charge on any atom is -0.353 e. The molecule has 1 saturated heterocycles. The van der Waals surface area contributed by atoms with Gasteiger partial charge in [-0.3, -0.25) is 4.79 Å². The van der Waals surface area contributed by atoms with Gasteiger partial charge in [-0.2, -0.15) is 0 Å². The van der Waals surface area contributed by atoms with E-state index >= 15 is 0 Å². The molecule has 2 bridgehead atoms. The van der Waals surface area contributed by atoms with E-state index in [2.05, 4.69) is 45.7 Å². The summed E-state index contributed by atoms with van der Waals surface area (Å²) in [5.74, 6) is 1.34. The lowest BCUT2D eigenvalue weighted by atomic mass is 9.62. The molecule has 1 aliphatic heterocycles. The van der Waals surface area contributed by atoms with E-state index in [0.717, 1.165) is 18.4 Å². The average molecular weight is 496 g/mol. The van der Waals surface area contributed by atoms with Crippen LogP contribution in [0.5, 0.6) is 0 Å². The molecule has 3 fully saturated rings. The largest absolute Gasteiger partial charge is 0.353 e. The maximum absolute atomic E-state index is 13.4. The maximum Gasteiger partial charge on any atom is 0.240 e. The predicted molar refractivity (Wildman–Crippen MR) is 137 cm³/mol. The Morgan fingerprint density at radius 2 is 1.71 bits per heavy atom. The van der Waals surface area contributed by atoms with Gasteiger partial charge in [0.2, 0.25) is 15.9 Å². The molecule has 2 aromatic rings. The van der Waals surface area contributed by atoms with Crippen LogP contribution in [0.4, 0.5) is 0 Å². The van der Waals surface area contributed by atoms with Crippen molar-refractivity contribution in [3.63, 3.8) is 0 Å². The summed E-state index contributed by atoms with van der Waals surface area (Å²) in [6, 6.07) is 17.5. The topological polar surface area (TPSA) is 87.3 Å². The summed E-state index contributed by atoms with van der Waals surface area (Å²) in [4.78, 5) is 13.7. The molecule has 0 radical (unpaired) electrons. The van der Waals surface area contributed by atoms with Gasteiger partial charge in [0.1, 0.15) is 0 Å². The number of amides is 1. The Bertz CT molecular complexity index is 1120. The first-order valence-corrected chi connectivity index (χ1v) is 14.5. The smallest absolute Gasteiger partial charge is 0.240 e. The third kappa shape index (κ3) is 5.47. The molecule has 6 atom stereocenters. The number of fused-ring (bicyclic) bond motifs is 2. The van der Waals surface area contributed by atoms with Gasteiger partial charge < -0.3 is 10.6 Å². The molecule has 2 aromatic carbocycles. The number of aryl methyl sites for hydroxylation is 1. The Balaban J connectivity index is 1.24. The molecule has 3 aliphatic rings. The van der Waals surface area contributed by atoms with Crippen molar-refractivity contribution < 1.29 is 13.2 Å². The van der Waals surface area contributed by atoms with E-state index in [0.29, 0.717) is 37.3 Å². The summed E-state index contributed by atoms with van der Waals surface area (Å²) in [6.07, 6.45) is 6.43. The lowest BCUT2D eigenvalue weighted by Gasteiger charge is -2.48. The normalized spacial score (nSPS) is 31.0. The number of rotatable bonds is 6. The van der Waals surface area contributed by atoms with Crippen molar-refractivity contribution in [2.45, 2.75) is 68.3 Å². The molecule has 0 aromatic heterocycles. The molecule has 7 heteroatoms. The van der Waals surface area contributed by atoms with E-state index in [9.17, 15) is 13.2 Å². The zero-order chi connectivity index (χ0) is 24.4. The summed E-state index contributed by atoms with van der Waals surface area (Å²) < 4.78 is 28.6. The van der Waals surface area contributed by atoms with Crippen molar-refractivity contribution >= 4 is 15.9 Å². The van der Waals surface area contributed by atoms with E-state index in [1.807, 2.05) is 6.92 Å². The quantitative estimate of drug-likeness (QED) is 0.570. The second kappa shape index (κ2) is 10.4. The molecule has 2 saturated carbocycles. The highest BCUT2D eigenvalue weighted by molar-refractivity contribution is 7.89. The molecule has 1 heterocycles. The highest BCUT2D eigenvalue weighted by Crippen LogP contribution is 2.47. The number of carbonyl (C=O) groups excluding carboxylic acids is 1. The molecule has 188 valence electrons. The van der Waals surface area contributed by atoms with Gasteiger partial charge in [-0.15, -0.1) is 0 Å². The number of sulfonamides is 1. The minimum atomic E-state index is -3.62. The van der Waals surface area contributed by atoms with Gasteiger partial charge in [0.05, 0.1) is 10.8 Å². The van der Waals surface area contributed by atoms with Crippen molar-refractivity contribution in [3.8, 4) is 0 Å². The first-order chi connectivity index (χ1) is 16.9. The van der Waals surface area contributed by atoms with E-state index < -0.39 is 10.0 Å². The summed E-state index contributed by atoms with van der Waals surface area (Å²) in [5.41, 5.74) is 2.41. The fourth-order valence-corrected chi connectivity index (χ4v) is 7.81. The Morgan fingerprint density at radius 3 is 2.49 bits per heavy atom. The second-order valence-electron chi connectivity index (χ2n) is 10.7. The van der Waals surface area contributed by atoms with Crippen LogP contribution >= 0.6 is 0 Å². The van der Waals surface area contributed by atoms with Crippen LogP contribution in [0.15, 0.2) is 59.5 Å². The lowest BCUT2D eigenvalue weighted by molar-refractivity contribution is -0.128. The van der Waals surface area contributed by atoms with E-state index in [1.165, 1.54) is 24.8 Å². The third-order valence-electron chi connectivity index (χ3n) is 8.36. The maximum atomic E-state index is 13.4. The van der Waals surface area contributed by atoms with Crippen LogP contribution < -0.4 is 15.4 Å². The van der Waals surface area contributed by atoms with Crippen LogP contribution in [0.1, 0.15) is 55.6 Å². The number of piperidine rings is 1. The van der Waals surface area contributed by atoms with Gasteiger partial charge in [-0.05, 0) is 74.5 Å². The molecule has 6 nitrogen and oxygen atoms in total. The van der Waals surface area contributed by atoms with Crippen molar-refractivity contribution in [2.75, 3.05) is 13.1 Å². The van der Waals surface area contributed by atoms with E-state index in [1.54, 1.807) is 24.3 Å². The number of hydrogen-bond acceptors (Lipinski definition) is 4. The molecule has 0 spiro atoms. The summed E-state index contributed by atoms with van der Waals surface area (Å²) in [7, 11) is -3.62. The first kappa shape index (κ1) is 24.5. The van der Waals surface area contributed by atoms with Gasteiger partial charge in [0, 0.05) is 25.2 Å². The fraction of sp³-hybridized carbons (Fsp3) is 0.536. The SMILES string of the molecule is Cc1ccc(S(=O)(=O)N[C@@H]2CNC[C@@H](C(=O)NC3C4CCCC3C(c3ccccc3)CC4)C2)cc1. The van der Waals surface area contributed by atoms with Crippen molar-refractivity contribution in [1.82, 2.24) is 15.4 Å². The summed E-state index contributed by atoms with van der Waals surface area (Å²) in [6.45, 7) is 3.04. The summed E-state index contributed by atoms with van der Waals surface area (Å²) in [5, 5.41) is 6.74. The van der Waals surface area contributed by atoms with Crippen LogP contribution in [0.25, 0.3) is 0 Å². The number of carbonyl (C=O) groups is 1. The molecule has 35 heavy (non-hydrogen) atoms. The minimum absolute atomic E-state index is 0.0624. The highest BCUT2D eigenvalue weighted by Gasteiger charge is 2.43. The monoisotopic (exact) mass is 495 g/mol. The Kier molecular flexibility index (Phi) is 7.28. The van der Waals surface area contributed by atoms with E-state index in [4.69, 9.17) is 0 Å². The summed E-state index contributed by atoms with van der Waals surface area (Å²) >= 11 is 0. The van der Waals surface area contributed by atoms with Crippen molar-refractivity contribution in [1.29, 1.82) is 0 Å². The van der Waals surface area contributed by atoms with Crippen LogP contribution in [0, 0.1) is 24.7 Å². The van der Waals surface area contributed by atoms with Crippen LogP contribution in [-0.4, -0.2) is 39.5 Å². The third-order valence-corrected chi connectivity index (χ3v) is 9.89. The lowest BCUT2D eigenvalue weighted by Crippen LogP contribution is -2.56. The van der Waals surface area contributed by atoms with Crippen LogP contribution in [0.3, 0.4) is 0 Å². The van der Waals surface area contributed by atoms with Gasteiger partial charge in [0.25, 0.3) is 0 Å². The van der Waals surface area contributed by atoms with Crippen LogP contribution in [-0.2, 0) is 14.8 Å². The molecular weight excluding hydrogens is 458 g/mol. The Labute approximate surface area is 209 Å². The molecule has 1 amide bonds. The number of hydrogen-bond donors (Lipinski definition) is 3. The molecule has 3 N–H and O–H groups in total. The van der Waals surface area contributed by atoms with Crippen LogP contribution in [0.2, 0.25) is 0 Å². The number of nitrogens with one attached hydrogen (secondary N) is 3. The first-order valence-electron chi connectivity index (χ1n) is 13.1.